The van der Waals surface area contributed by atoms with E-state index >= 15 is 0 Å². The molecule has 3 aromatic rings. The van der Waals surface area contributed by atoms with Crippen LogP contribution in [0.2, 0.25) is 5.02 Å². The van der Waals surface area contributed by atoms with Crippen LogP contribution in [0.25, 0.3) is 10.9 Å². The summed E-state index contributed by atoms with van der Waals surface area (Å²) in [6.07, 6.45) is 5.79. The third-order valence-corrected chi connectivity index (χ3v) is 7.48. The van der Waals surface area contributed by atoms with Crippen molar-refractivity contribution in [2.75, 3.05) is 31.6 Å². The summed E-state index contributed by atoms with van der Waals surface area (Å²) in [5.41, 5.74) is 3.03. The van der Waals surface area contributed by atoms with Gasteiger partial charge in [0.2, 0.25) is 5.95 Å². The predicted molar refractivity (Wildman–Crippen MR) is 127 cm³/mol. The van der Waals surface area contributed by atoms with Crippen molar-refractivity contribution >= 4 is 34.3 Å². The smallest absolute Gasteiger partial charge is 0.228 e. The predicted octanol–water partition coefficient (Wildman–Crippen LogP) is 3.81. The van der Waals surface area contributed by atoms with E-state index in [1.54, 1.807) is 0 Å². The molecular weight excluding hydrogens is 440 g/mol. The number of rotatable bonds is 5. The number of benzene rings is 1. The maximum atomic E-state index is 10.2. The maximum Gasteiger partial charge on any atom is 0.228 e. The zero-order valence-electron chi connectivity index (χ0n) is 18.7. The summed E-state index contributed by atoms with van der Waals surface area (Å²) in [5, 5.41) is 19.8. The van der Waals surface area contributed by atoms with E-state index < -0.39 is 0 Å². The zero-order valence-corrected chi connectivity index (χ0v) is 19.5. The first-order valence-corrected chi connectivity index (χ1v) is 12.2. The summed E-state index contributed by atoms with van der Waals surface area (Å²) < 4.78 is 7.49. The second-order valence-electron chi connectivity index (χ2n) is 9.58. The van der Waals surface area contributed by atoms with Gasteiger partial charge in [0.1, 0.15) is 5.82 Å². The molecular formula is C24H29ClN6O2. The van der Waals surface area contributed by atoms with Crippen molar-refractivity contribution in [1.29, 1.82) is 0 Å². The van der Waals surface area contributed by atoms with Gasteiger partial charge in [-0.1, -0.05) is 11.6 Å². The molecule has 1 saturated carbocycles. The number of aryl methyl sites for hydroxylation is 1. The molecule has 9 heteroatoms. The minimum atomic E-state index is -0.381. The van der Waals surface area contributed by atoms with Gasteiger partial charge in [0.15, 0.2) is 0 Å². The average molecular weight is 469 g/mol. The first-order valence-electron chi connectivity index (χ1n) is 11.8. The summed E-state index contributed by atoms with van der Waals surface area (Å²) >= 11 is 6.70. The summed E-state index contributed by atoms with van der Waals surface area (Å²) in [5.74, 6) is 1.89. The van der Waals surface area contributed by atoms with Gasteiger partial charge in [-0.05, 0) is 69.3 Å². The first kappa shape index (κ1) is 21.3. The number of likely N-dealkylation sites (tertiary alicyclic amines) is 1. The van der Waals surface area contributed by atoms with Gasteiger partial charge in [-0.2, -0.15) is 5.10 Å². The number of anilines is 2. The molecule has 2 aromatic heterocycles. The highest BCUT2D eigenvalue weighted by molar-refractivity contribution is 6.32. The fourth-order valence-corrected chi connectivity index (χ4v) is 5.51. The van der Waals surface area contributed by atoms with Crippen LogP contribution in [-0.4, -0.2) is 68.2 Å². The Kier molecular flexibility index (Phi) is 5.49. The van der Waals surface area contributed by atoms with Crippen LogP contribution in [0, 0.1) is 6.92 Å². The van der Waals surface area contributed by atoms with Gasteiger partial charge in [-0.3, -0.25) is 4.90 Å². The number of hydrogen-bond donors (Lipinski definition) is 2. The quantitative estimate of drug-likeness (QED) is 0.588. The number of aromatic nitrogens is 4. The molecule has 2 N–H and O–H groups in total. The lowest BCUT2D eigenvalue weighted by molar-refractivity contribution is 0.0663. The van der Waals surface area contributed by atoms with Crippen molar-refractivity contribution in [3.8, 4) is 0 Å². The summed E-state index contributed by atoms with van der Waals surface area (Å²) in [6.45, 7) is 4.94. The number of piperidine rings is 1. The van der Waals surface area contributed by atoms with E-state index in [9.17, 15) is 5.11 Å². The highest BCUT2D eigenvalue weighted by atomic mass is 35.5. The maximum absolute atomic E-state index is 10.2. The Morgan fingerprint density at radius 3 is 2.67 bits per heavy atom. The second-order valence-corrected chi connectivity index (χ2v) is 9.99. The number of aliphatic hydroxyl groups is 1. The number of aliphatic hydroxyl groups excluding tert-OH is 1. The molecule has 1 aliphatic carbocycles. The molecule has 174 valence electrons. The van der Waals surface area contributed by atoms with E-state index in [4.69, 9.17) is 21.3 Å². The molecule has 2 atom stereocenters. The van der Waals surface area contributed by atoms with Crippen LogP contribution in [0.15, 0.2) is 24.4 Å². The molecule has 3 aliphatic rings. The molecule has 0 spiro atoms. The van der Waals surface area contributed by atoms with Gasteiger partial charge in [0.25, 0.3) is 0 Å². The van der Waals surface area contributed by atoms with E-state index in [2.05, 4.69) is 31.0 Å². The molecule has 2 saturated heterocycles. The summed E-state index contributed by atoms with van der Waals surface area (Å²) in [4.78, 5) is 11.7. The van der Waals surface area contributed by atoms with Crippen LogP contribution < -0.4 is 5.32 Å². The lowest BCUT2D eigenvalue weighted by Crippen LogP contribution is -2.46. The lowest BCUT2D eigenvalue weighted by atomic mass is 9.88. The molecule has 0 amide bonds. The molecule has 4 heterocycles. The van der Waals surface area contributed by atoms with E-state index in [1.165, 1.54) is 12.8 Å². The van der Waals surface area contributed by atoms with Crippen LogP contribution in [0.3, 0.4) is 0 Å². The number of halogens is 1. The standard InChI is InChI=1S/C24H29ClN6O2/c1-14-8-23(31(29-14)17-2-3-17)28-24-26-11-16-9-19(25)18(10-20(16)27-24)15-4-6-30(7-5-15)21-12-33-13-22(21)32/h8-11,15,17,21-22,32H,2-7,12-13H2,1H3,(H,26,27,28)/t21-,22+/m0/s1. The molecule has 33 heavy (non-hydrogen) atoms. The fraction of sp³-hybridized carbons (Fsp3) is 0.542. The Bertz CT molecular complexity index is 1170. The van der Waals surface area contributed by atoms with Gasteiger partial charge in [-0.15, -0.1) is 0 Å². The van der Waals surface area contributed by atoms with Crippen LogP contribution in [0.5, 0.6) is 0 Å². The van der Waals surface area contributed by atoms with Gasteiger partial charge in [-0.25, -0.2) is 14.6 Å². The summed E-state index contributed by atoms with van der Waals surface area (Å²) in [7, 11) is 0. The Labute approximate surface area is 197 Å². The van der Waals surface area contributed by atoms with Gasteiger partial charge in [0, 0.05) is 22.7 Å². The number of nitrogens with one attached hydrogen (secondary N) is 1. The number of ether oxygens (including phenoxy) is 1. The van der Waals surface area contributed by atoms with Crippen molar-refractivity contribution in [1.82, 2.24) is 24.6 Å². The number of hydrogen-bond acceptors (Lipinski definition) is 7. The molecule has 3 fully saturated rings. The average Bonchev–Trinajstić information content (AvgIpc) is 3.46. The van der Waals surface area contributed by atoms with Gasteiger partial charge >= 0.3 is 0 Å². The Hall–Kier alpha value is -2.26. The van der Waals surface area contributed by atoms with Crippen LogP contribution in [-0.2, 0) is 4.74 Å². The Morgan fingerprint density at radius 1 is 1.12 bits per heavy atom. The molecule has 2 aliphatic heterocycles. The molecule has 0 radical (unpaired) electrons. The van der Waals surface area contributed by atoms with Crippen molar-refractivity contribution in [3.05, 3.63) is 40.7 Å². The zero-order chi connectivity index (χ0) is 22.5. The minimum Gasteiger partial charge on any atom is -0.389 e. The Balaban J connectivity index is 1.22. The number of fused-ring (bicyclic) bond motifs is 1. The van der Waals surface area contributed by atoms with E-state index in [1.807, 2.05) is 25.3 Å². The monoisotopic (exact) mass is 468 g/mol. The van der Waals surface area contributed by atoms with Crippen LogP contribution >= 0.6 is 11.6 Å². The first-order chi connectivity index (χ1) is 16.0. The molecule has 6 rings (SSSR count). The van der Waals surface area contributed by atoms with Crippen molar-refractivity contribution in [3.63, 3.8) is 0 Å². The molecule has 0 unspecified atom stereocenters. The van der Waals surface area contributed by atoms with Crippen LogP contribution in [0.4, 0.5) is 11.8 Å². The van der Waals surface area contributed by atoms with E-state index in [-0.39, 0.29) is 12.1 Å². The SMILES string of the molecule is Cc1cc(Nc2ncc3cc(Cl)c(C4CCN([C@H]5COC[C@H]5O)CC4)cc3n2)n(C2CC2)n1. The van der Waals surface area contributed by atoms with Gasteiger partial charge < -0.3 is 15.2 Å². The number of nitrogens with zero attached hydrogens (tertiary/aromatic N) is 5. The van der Waals surface area contributed by atoms with Gasteiger partial charge in [0.05, 0.1) is 42.6 Å². The minimum absolute atomic E-state index is 0.118. The van der Waals surface area contributed by atoms with E-state index in [0.717, 1.165) is 58.9 Å². The van der Waals surface area contributed by atoms with Crippen LogP contribution in [0.1, 0.15) is 48.9 Å². The second kappa shape index (κ2) is 8.51. The highest BCUT2D eigenvalue weighted by Gasteiger charge is 2.34. The molecule has 1 aromatic carbocycles. The van der Waals surface area contributed by atoms with E-state index in [0.29, 0.717) is 31.1 Å². The topological polar surface area (TPSA) is 88.3 Å². The largest absolute Gasteiger partial charge is 0.389 e. The lowest BCUT2D eigenvalue weighted by Gasteiger charge is -2.36. The fourth-order valence-electron chi connectivity index (χ4n) is 5.18. The van der Waals surface area contributed by atoms with Crippen molar-refractivity contribution in [2.24, 2.45) is 0 Å². The highest BCUT2D eigenvalue weighted by Crippen LogP contribution is 2.38. The normalized spacial score (nSPS) is 24.6. The summed E-state index contributed by atoms with van der Waals surface area (Å²) in [6, 6.07) is 6.75. The van der Waals surface area contributed by atoms with Crippen molar-refractivity contribution < 1.29 is 9.84 Å². The third kappa shape index (κ3) is 4.21. The third-order valence-electron chi connectivity index (χ3n) is 7.15. The van der Waals surface area contributed by atoms with Crippen molar-refractivity contribution in [2.45, 2.75) is 56.7 Å². The Morgan fingerprint density at radius 2 is 1.94 bits per heavy atom. The molecule has 0 bridgehead atoms. The molecule has 8 nitrogen and oxygen atoms in total.